The van der Waals surface area contributed by atoms with E-state index < -0.39 is 16.8 Å². The summed E-state index contributed by atoms with van der Waals surface area (Å²) in [6.45, 7) is 45.5. The van der Waals surface area contributed by atoms with Crippen LogP contribution in [0.5, 0.6) is 23.0 Å². The van der Waals surface area contributed by atoms with Crippen molar-refractivity contribution in [2.75, 3.05) is 0 Å². The summed E-state index contributed by atoms with van der Waals surface area (Å²) in [5.74, 6) is 5.76. The molecule has 0 saturated carbocycles. The van der Waals surface area contributed by atoms with Crippen LogP contribution in [0.15, 0.2) is 121 Å². The molecule has 0 aliphatic rings. The maximum absolute atomic E-state index is 7.18. The second-order valence-corrected chi connectivity index (χ2v) is 29.9. The third-order valence-electron chi connectivity index (χ3n) is 13.4. The summed E-state index contributed by atoms with van der Waals surface area (Å²) in [6.07, 6.45) is 4.87. The Morgan fingerprint density at radius 1 is 0.293 bits per heavy atom. The average Bonchev–Trinajstić information content (AvgIpc) is 3.29. The Bertz CT molecular complexity index is 2450. The Kier molecular flexibility index (Phi) is 19.7. The molecule has 0 fully saturated rings. The van der Waals surface area contributed by atoms with Crippen LogP contribution < -0.4 is 28.7 Å². The predicted molar refractivity (Wildman–Crippen MR) is 326 cm³/mol. The van der Waals surface area contributed by atoms with Gasteiger partial charge < -0.3 is 18.1 Å². The van der Waals surface area contributed by atoms with Crippen molar-refractivity contribution in [3.8, 4) is 23.0 Å². The van der Waals surface area contributed by atoms with Gasteiger partial charge in [-0.1, -0.05) is 211 Å². The summed E-state index contributed by atoms with van der Waals surface area (Å²) < 4.78 is 28.7. The molecule has 0 spiro atoms. The first kappa shape index (κ1) is 59.6. The van der Waals surface area contributed by atoms with E-state index in [0.29, 0.717) is 23.7 Å². The van der Waals surface area contributed by atoms with E-state index in [1.807, 2.05) is 0 Å². The molecule has 6 aromatic carbocycles. The molecule has 0 amide bonds. The van der Waals surface area contributed by atoms with E-state index in [4.69, 9.17) is 18.1 Å². The molecule has 0 unspecified atom stereocenters. The van der Waals surface area contributed by atoms with E-state index in [9.17, 15) is 0 Å². The molecule has 0 aromatic heterocycles. The summed E-state index contributed by atoms with van der Waals surface area (Å²) in [6, 6.07) is 44.8. The molecule has 4 nitrogen and oxygen atoms in total. The molecule has 0 aliphatic heterocycles. The largest absolute Gasteiger partial charge is 0.435 e. The maximum Gasteiger partial charge on any atom is 0.326 e. The molecular formula is C69H94O4P2. The topological polar surface area (TPSA) is 36.9 Å². The zero-order valence-electron chi connectivity index (χ0n) is 49.9. The highest BCUT2D eigenvalue weighted by Crippen LogP contribution is 2.48. The molecule has 0 bridgehead atoms. The van der Waals surface area contributed by atoms with Gasteiger partial charge in [0.25, 0.3) is 0 Å². The Morgan fingerprint density at radius 2 is 0.493 bits per heavy atom. The van der Waals surface area contributed by atoms with Gasteiger partial charge in [-0.3, -0.25) is 0 Å². The van der Waals surface area contributed by atoms with Crippen LogP contribution in [0.25, 0.3) is 0 Å². The molecule has 0 aliphatic carbocycles. The molecule has 0 saturated heterocycles. The standard InChI is InChI=1S/C69H94O4P2/c1-46(2)37-52-25-33-62(58(42-52)66(9,10)11)70-74(71-63-34-26-53(38-47(3)4)43-59(63)67(12,13)14)56-29-21-50(22-30-56)41-51-23-31-57(32-24-51)75(72-64-35-27-54(39-48(5)6)44-60(64)68(15,16)17)73-65-36-28-55(40-49(7)8)45-61(65)69(18,19)20/h21-36,42-49H,37-41H2,1-20H3. The second kappa shape index (κ2) is 24.8. The Hall–Kier alpha value is -4.62. The summed E-state index contributed by atoms with van der Waals surface area (Å²) in [5.41, 5.74) is 12.0. The third-order valence-corrected chi connectivity index (χ3v) is 16.3. The van der Waals surface area contributed by atoms with Gasteiger partial charge in [-0.05, 0) is 159 Å². The van der Waals surface area contributed by atoms with Crippen molar-refractivity contribution in [2.45, 2.75) is 192 Å². The van der Waals surface area contributed by atoms with Crippen LogP contribution in [0.4, 0.5) is 0 Å². The van der Waals surface area contributed by atoms with Gasteiger partial charge in [0.05, 0.1) is 10.6 Å². The van der Waals surface area contributed by atoms with Gasteiger partial charge in [0.15, 0.2) is 0 Å². The first-order chi connectivity index (χ1) is 34.9. The van der Waals surface area contributed by atoms with Gasteiger partial charge in [-0.15, -0.1) is 0 Å². The van der Waals surface area contributed by atoms with E-state index in [1.165, 1.54) is 55.6 Å². The fourth-order valence-corrected chi connectivity index (χ4v) is 12.3. The number of rotatable bonds is 20. The Balaban J connectivity index is 1.35. The average molecular weight is 1050 g/mol. The molecule has 0 radical (unpaired) electrons. The van der Waals surface area contributed by atoms with Gasteiger partial charge >= 0.3 is 16.8 Å². The Morgan fingerprint density at radius 3 is 0.680 bits per heavy atom. The summed E-state index contributed by atoms with van der Waals surface area (Å²) >= 11 is 0. The van der Waals surface area contributed by atoms with Crippen LogP contribution in [0.2, 0.25) is 0 Å². The second-order valence-electron chi connectivity index (χ2n) is 27.1. The molecule has 6 rings (SSSR count). The monoisotopic (exact) mass is 1050 g/mol. The zero-order chi connectivity index (χ0) is 55.2. The van der Waals surface area contributed by atoms with Crippen molar-refractivity contribution in [3.63, 3.8) is 0 Å². The number of benzene rings is 6. The van der Waals surface area contributed by atoms with Crippen molar-refractivity contribution in [3.05, 3.63) is 177 Å². The SMILES string of the molecule is CC(C)Cc1ccc(OP(Oc2ccc(CC(C)C)cc2C(C)(C)C)c2ccc(Cc3ccc(P(Oc4ccc(CC(C)C)cc4C(C)(C)C)Oc4ccc(CC(C)C)cc4C(C)(C)C)cc3)cc2)c(C(C)(C)C)c1. The predicted octanol–water partition coefficient (Wildman–Crippen LogP) is 19.5. The van der Waals surface area contributed by atoms with Crippen molar-refractivity contribution >= 4 is 27.4 Å². The minimum Gasteiger partial charge on any atom is -0.435 e. The third kappa shape index (κ3) is 17.2. The Labute approximate surface area is 459 Å². The lowest BCUT2D eigenvalue weighted by molar-refractivity contribution is 0.467. The molecule has 0 heterocycles. The van der Waals surface area contributed by atoms with Gasteiger partial charge in [0.2, 0.25) is 0 Å². The van der Waals surface area contributed by atoms with E-state index in [0.717, 1.165) is 65.7 Å². The van der Waals surface area contributed by atoms with Gasteiger partial charge in [-0.2, -0.15) is 0 Å². The summed E-state index contributed by atoms with van der Waals surface area (Å²) in [7, 11) is -3.14. The van der Waals surface area contributed by atoms with Crippen LogP contribution in [-0.2, 0) is 53.8 Å². The first-order valence-corrected chi connectivity index (χ1v) is 30.3. The number of hydrogen-bond donors (Lipinski definition) is 0. The van der Waals surface area contributed by atoms with Crippen LogP contribution >= 0.6 is 16.8 Å². The molecule has 6 aromatic rings. The van der Waals surface area contributed by atoms with Crippen LogP contribution in [-0.4, -0.2) is 0 Å². The first-order valence-electron chi connectivity index (χ1n) is 28.0. The molecule has 0 atom stereocenters. The van der Waals surface area contributed by atoms with Crippen molar-refractivity contribution in [2.24, 2.45) is 23.7 Å². The van der Waals surface area contributed by atoms with Gasteiger partial charge in [0, 0.05) is 22.3 Å². The van der Waals surface area contributed by atoms with Crippen LogP contribution in [0, 0.1) is 23.7 Å². The van der Waals surface area contributed by atoms with Crippen molar-refractivity contribution < 1.29 is 18.1 Å². The fourth-order valence-electron chi connectivity index (χ4n) is 9.68. The lowest BCUT2D eigenvalue weighted by atomic mass is 9.84. The lowest BCUT2D eigenvalue weighted by Crippen LogP contribution is -2.18. The van der Waals surface area contributed by atoms with Crippen LogP contribution in [0.3, 0.4) is 0 Å². The fraction of sp³-hybridized carbons (Fsp3) is 0.478. The van der Waals surface area contributed by atoms with Gasteiger partial charge in [-0.25, -0.2) is 0 Å². The molecule has 6 heteroatoms. The molecule has 0 N–H and O–H groups in total. The highest BCUT2D eigenvalue weighted by Gasteiger charge is 2.30. The minimum atomic E-state index is -1.57. The molecule has 75 heavy (non-hydrogen) atoms. The quantitative estimate of drug-likeness (QED) is 0.0714. The van der Waals surface area contributed by atoms with Crippen LogP contribution in [0.1, 0.15) is 194 Å². The van der Waals surface area contributed by atoms with E-state index in [1.54, 1.807) is 0 Å². The van der Waals surface area contributed by atoms with E-state index in [-0.39, 0.29) is 21.7 Å². The maximum atomic E-state index is 7.18. The van der Waals surface area contributed by atoms with Crippen molar-refractivity contribution in [1.29, 1.82) is 0 Å². The smallest absolute Gasteiger partial charge is 0.326 e. The molecular weight excluding hydrogens is 955 g/mol. The minimum absolute atomic E-state index is 0.125. The summed E-state index contributed by atoms with van der Waals surface area (Å²) in [4.78, 5) is 0. The zero-order valence-corrected chi connectivity index (χ0v) is 51.7. The van der Waals surface area contributed by atoms with E-state index in [2.05, 4.69) is 260 Å². The van der Waals surface area contributed by atoms with E-state index >= 15 is 0 Å². The normalized spacial score (nSPS) is 12.7. The highest BCUT2D eigenvalue weighted by molar-refractivity contribution is 7.57. The summed E-state index contributed by atoms with van der Waals surface area (Å²) in [5, 5.41) is 2.06. The van der Waals surface area contributed by atoms with Gasteiger partial charge in [0.1, 0.15) is 23.0 Å². The lowest BCUT2D eigenvalue weighted by Gasteiger charge is -2.29. The number of hydrogen-bond acceptors (Lipinski definition) is 4. The molecule has 404 valence electrons. The van der Waals surface area contributed by atoms with Crippen molar-refractivity contribution in [1.82, 2.24) is 0 Å². The highest BCUT2D eigenvalue weighted by atomic mass is 31.2.